The molecule has 80 valence electrons. The van der Waals surface area contributed by atoms with Crippen molar-refractivity contribution in [3.05, 3.63) is 16.7 Å². The molecule has 0 spiro atoms. The van der Waals surface area contributed by atoms with Crippen LogP contribution in [0.25, 0.3) is 11.2 Å². The van der Waals surface area contributed by atoms with E-state index in [-0.39, 0.29) is 10.8 Å². The van der Waals surface area contributed by atoms with Gasteiger partial charge >= 0.3 is 5.69 Å². The van der Waals surface area contributed by atoms with Crippen molar-refractivity contribution in [2.75, 3.05) is 5.75 Å². The zero-order chi connectivity index (χ0) is 10.8. The van der Waals surface area contributed by atoms with Crippen LogP contribution < -0.4 is 5.69 Å². The maximum absolute atomic E-state index is 11.6. The molecule has 7 heteroatoms. The Morgan fingerprint density at radius 3 is 3.00 bits per heavy atom. The van der Waals surface area contributed by atoms with Crippen LogP contribution in [0.3, 0.4) is 0 Å². The quantitative estimate of drug-likeness (QED) is 0.729. The summed E-state index contributed by atoms with van der Waals surface area (Å²) < 4.78 is 11.6. The normalized spacial score (nSPS) is 13.1. The molecule has 6 nitrogen and oxygen atoms in total. The average Bonchev–Trinajstić information content (AvgIpc) is 2.57. The number of nitrogens with one attached hydrogen (secondary N) is 2. The van der Waals surface area contributed by atoms with E-state index in [1.807, 2.05) is 6.92 Å². The molecule has 0 aliphatic rings. The molecule has 0 aromatic carbocycles. The van der Waals surface area contributed by atoms with E-state index in [1.165, 1.54) is 6.20 Å². The second-order valence-electron chi connectivity index (χ2n) is 3.04. The number of aromatic amines is 2. The zero-order valence-corrected chi connectivity index (χ0v) is 8.93. The Hall–Kier alpha value is -1.50. The molecule has 2 aromatic rings. The van der Waals surface area contributed by atoms with Crippen molar-refractivity contribution in [3.8, 4) is 0 Å². The Bertz CT molecular complexity index is 559. The van der Waals surface area contributed by atoms with Crippen LogP contribution in [0.4, 0.5) is 0 Å². The van der Waals surface area contributed by atoms with Gasteiger partial charge < -0.3 is 4.98 Å². The number of imidazole rings is 1. The highest BCUT2D eigenvalue weighted by Crippen LogP contribution is 2.05. The molecule has 2 N–H and O–H groups in total. The lowest BCUT2D eigenvalue weighted by atomic mass is 10.6. The van der Waals surface area contributed by atoms with Gasteiger partial charge in [0.1, 0.15) is 5.52 Å². The summed E-state index contributed by atoms with van der Waals surface area (Å²) in [6, 6.07) is 0. The Kier molecular flexibility index (Phi) is 2.63. The minimum Gasteiger partial charge on any atom is -0.303 e. The van der Waals surface area contributed by atoms with E-state index < -0.39 is 10.8 Å². The lowest BCUT2D eigenvalue weighted by Crippen LogP contribution is -2.02. The standard InChI is InChI=1S/C8H10N4O2S/c1-2-3-15(14)8-9-4-5-6(12-8)11-7(13)10-5/h4H,2-3H2,1H3,(H2,9,10,11,12,13). The summed E-state index contributed by atoms with van der Waals surface area (Å²) in [5.41, 5.74) is 0.587. The summed E-state index contributed by atoms with van der Waals surface area (Å²) >= 11 is 0. The van der Waals surface area contributed by atoms with Crippen LogP contribution in [0.2, 0.25) is 0 Å². The molecule has 0 fully saturated rings. The van der Waals surface area contributed by atoms with E-state index in [1.54, 1.807) is 0 Å². The molecule has 1 unspecified atom stereocenters. The highest BCUT2D eigenvalue weighted by Gasteiger charge is 2.08. The van der Waals surface area contributed by atoms with Crippen LogP contribution in [0.5, 0.6) is 0 Å². The molecule has 0 bridgehead atoms. The summed E-state index contributed by atoms with van der Waals surface area (Å²) in [4.78, 5) is 23.9. The second kappa shape index (κ2) is 3.93. The molecule has 0 aliphatic carbocycles. The van der Waals surface area contributed by atoms with Crippen molar-refractivity contribution in [1.29, 1.82) is 0 Å². The second-order valence-corrected chi connectivity index (χ2v) is 4.51. The fourth-order valence-electron chi connectivity index (χ4n) is 1.20. The molecule has 0 saturated heterocycles. The van der Waals surface area contributed by atoms with Gasteiger partial charge in [-0.05, 0) is 6.42 Å². The van der Waals surface area contributed by atoms with Crippen molar-refractivity contribution in [2.45, 2.75) is 18.5 Å². The number of hydrogen-bond acceptors (Lipinski definition) is 4. The van der Waals surface area contributed by atoms with Crippen LogP contribution >= 0.6 is 0 Å². The zero-order valence-electron chi connectivity index (χ0n) is 8.11. The van der Waals surface area contributed by atoms with E-state index in [2.05, 4.69) is 19.9 Å². The summed E-state index contributed by atoms with van der Waals surface area (Å²) in [7, 11) is -1.19. The first-order valence-electron chi connectivity index (χ1n) is 4.54. The van der Waals surface area contributed by atoms with Crippen molar-refractivity contribution < 1.29 is 4.21 Å². The Morgan fingerprint density at radius 1 is 1.47 bits per heavy atom. The van der Waals surface area contributed by atoms with Gasteiger partial charge in [-0.3, -0.25) is 9.19 Å². The fraction of sp³-hybridized carbons (Fsp3) is 0.375. The number of rotatable bonds is 3. The summed E-state index contributed by atoms with van der Waals surface area (Å²) in [6.07, 6.45) is 2.26. The molecule has 0 amide bonds. The minimum absolute atomic E-state index is 0.264. The fourth-order valence-corrected chi connectivity index (χ4v) is 2.12. The molecular formula is C8H10N4O2S. The number of nitrogens with zero attached hydrogens (tertiary/aromatic N) is 2. The third-order valence-electron chi connectivity index (χ3n) is 1.84. The van der Waals surface area contributed by atoms with Crippen LogP contribution in [0, 0.1) is 0 Å². The summed E-state index contributed by atoms with van der Waals surface area (Å²) in [5, 5.41) is 0.264. The molecule has 0 aliphatic heterocycles. The van der Waals surface area contributed by atoms with Crippen molar-refractivity contribution in [2.24, 2.45) is 0 Å². The van der Waals surface area contributed by atoms with E-state index >= 15 is 0 Å². The average molecular weight is 226 g/mol. The van der Waals surface area contributed by atoms with Crippen molar-refractivity contribution >= 4 is 22.0 Å². The van der Waals surface area contributed by atoms with E-state index in [0.717, 1.165) is 6.42 Å². The third kappa shape index (κ3) is 1.96. The lowest BCUT2D eigenvalue weighted by molar-refractivity contribution is 0.675. The Labute approximate surface area is 87.6 Å². The van der Waals surface area contributed by atoms with Crippen molar-refractivity contribution in [3.63, 3.8) is 0 Å². The minimum atomic E-state index is -1.19. The highest BCUT2D eigenvalue weighted by molar-refractivity contribution is 7.84. The van der Waals surface area contributed by atoms with E-state index in [9.17, 15) is 9.00 Å². The molecular weight excluding hydrogens is 216 g/mol. The van der Waals surface area contributed by atoms with Crippen LogP contribution in [-0.4, -0.2) is 29.9 Å². The van der Waals surface area contributed by atoms with Gasteiger partial charge in [0.2, 0.25) is 5.16 Å². The first-order valence-corrected chi connectivity index (χ1v) is 5.86. The number of fused-ring (bicyclic) bond motifs is 1. The Morgan fingerprint density at radius 2 is 2.27 bits per heavy atom. The molecule has 2 rings (SSSR count). The van der Waals surface area contributed by atoms with Crippen LogP contribution in [0.15, 0.2) is 16.1 Å². The maximum Gasteiger partial charge on any atom is 0.325 e. The molecule has 0 radical (unpaired) electrons. The number of hydrogen-bond donors (Lipinski definition) is 2. The predicted octanol–water partition coefficient (Wildman–Crippen LogP) is 0.164. The molecule has 15 heavy (non-hydrogen) atoms. The van der Waals surface area contributed by atoms with Gasteiger partial charge in [0.25, 0.3) is 0 Å². The summed E-state index contributed by atoms with van der Waals surface area (Å²) in [6.45, 7) is 1.94. The molecule has 1 atom stereocenters. The summed E-state index contributed by atoms with van der Waals surface area (Å²) in [5.74, 6) is 0.528. The first kappa shape index (κ1) is 10.0. The highest BCUT2D eigenvalue weighted by atomic mass is 32.2. The van der Waals surface area contributed by atoms with E-state index in [4.69, 9.17) is 0 Å². The van der Waals surface area contributed by atoms with Crippen molar-refractivity contribution in [1.82, 2.24) is 19.9 Å². The van der Waals surface area contributed by atoms with Gasteiger partial charge in [0, 0.05) is 5.75 Å². The first-order chi connectivity index (χ1) is 7.20. The number of aromatic nitrogens is 4. The van der Waals surface area contributed by atoms with Gasteiger partial charge in [-0.25, -0.2) is 14.8 Å². The van der Waals surface area contributed by atoms with Crippen LogP contribution in [0.1, 0.15) is 13.3 Å². The van der Waals surface area contributed by atoms with Gasteiger partial charge in [0.05, 0.1) is 17.0 Å². The topological polar surface area (TPSA) is 91.5 Å². The van der Waals surface area contributed by atoms with Gasteiger partial charge in [0.15, 0.2) is 5.65 Å². The molecule has 2 heterocycles. The largest absolute Gasteiger partial charge is 0.325 e. The van der Waals surface area contributed by atoms with E-state index in [0.29, 0.717) is 16.9 Å². The molecule has 0 saturated carbocycles. The number of H-pyrrole nitrogens is 2. The smallest absolute Gasteiger partial charge is 0.303 e. The van der Waals surface area contributed by atoms with Gasteiger partial charge in [-0.2, -0.15) is 0 Å². The van der Waals surface area contributed by atoms with Gasteiger partial charge in [-0.15, -0.1) is 0 Å². The SMILES string of the molecule is CCCS(=O)c1ncc2[nH]c(=O)[nH]c2n1. The van der Waals surface area contributed by atoms with Gasteiger partial charge in [-0.1, -0.05) is 6.92 Å². The predicted molar refractivity (Wildman–Crippen MR) is 56.1 cm³/mol. The lowest BCUT2D eigenvalue weighted by Gasteiger charge is -1.97. The monoisotopic (exact) mass is 226 g/mol. The maximum atomic E-state index is 11.6. The Balaban J connectivity index is 2.46. The molecule has 2 aromatic heterocycles. The third-order valence-corrected chi connectivity index (χ3v) is 3.22. The van der Waals surface area contributed by atoms with Crippen LogP contribution in [-0.2, 0) is 10.8 Å².